The van der Waals surface area contributed by atoms with Crippen LogP contribution < -0.4 is 14.6 Å². The van der Waals surface area contributed by atoms with Crippen LogP contribution in [0.5, 0.6) is 5.75 Å². The molecule has 0 saturated carbocycles. The number of aromatic nitrogens is 1. The van der Waals surface area contributed by atoms with Gasteiger partial charge in [-0.3, -0.25) is 29.4 Å². The topological polar surface area (TPSA) is 135 Å². The molecule has 1 aliphatic rings. The molecule has 0 radical (unpaired) electrons. The molecular weight excluding hydrogens is 518 g/mol. The van der Waals surface area contributed by atoms with Crippen LogP contribution in [0.3, 0.4) is 0 Å². The van der Waals surface area contributed by atoms with Crippen LogP contribution in [0.4, 0.5) is 15.8 Å². The Morgan fingerprint density at radius 1 is 1.11 bits per heavy atom. The summed E-state index contributed by atoms with van der Waals surface area (Å²) in [7, 11) is 1.55. The molecule has 1 fully saturated rings. The number of amides is 3. The molecule has 3 heterocycles. The molecule has 0 spiro atoms. The lowest BCUT2D eigenvalue weighted by atomic mass is 10.2. The maximum absolute atomic E-state index is 13.5. The van der Waals surface area contributed by atoms with Crippen molar-refractivity contribution < 1.29 is 24.0 Å². The normalized spacial score (nSPS) is 13.6. The van der Waals surface area contributed by atoms with Crippen molar-refractivity contribution >= 4 is 72.6 Å². The molecule has 1 aliphatic heterocycles. The first-order chi connectivity index (χ1) is 17.8. The second-order valence-electron chi connectivity index (χ2n) is 7.79. The second kappa shape index (κ2) is 9.87. The van der Waals surface area contributed by atoms with Crippen LogP contribution in [-0.2, 0) is 9.59 Å². The van der Waals surface area contributed by atoms with Crippen molar-refractivity contribution in [2.45, 2.75) is 12.8 Å². The van der Waals surface area contributed by atoms with Crippen molar-refractivity contribution in [1.82, 2.24) is 4.98 Å². The number of fused-ring (bicyclic) bond motifs is 1. The van der Waals surface area contributed by atoms with Gasteiger partial charge in [0.05, 0.1) is 39.0 Å². The maximum atomic E-state index is 13.5. The van der Waals surface area contributed by atoms with Crippen molar-refractivity contribution in [2.24, 2.45) is 5.10 Å². The number of hydrogen-bond acceptors (Lipinski definition) is 10. The van der Waals surface area contributed by atoms with E-state index in [9.17, 15) is 24.5 Å². The number of anilines is 2. The molecule has 0 aliphatic carbocycles. The van der Waals surface area contributed by atoms with Gasteiger partial charge in [-0.2, -0.15) is 10.1 Å². The first-order valence-corrected chi connectivity index (χ1v) is 12.5. The third kappa shape index (κ3) is 4.81. The van der Waals surface area contributed by atoms with E-state index in [1.165, 1.54) is 53.9 Å². The number of hydrazone groups is 1. The average molecular weight is 536 g/mol. The van der Waals surface area contributed by atoms with E-state index in [1.807, 2.05) is 0 Å². The van der Waals surface area contributed by atoms with Gasteiger partial charge in [-0.15, -0.1) is 0 Å². The Labute approximate surface area is 217 Å². The third-order valence-electron chi connectivity index (χ3n) is 5.47. The van der Waals surface area contributed by atoms with Crippen LogP contribution in [0.2, 0.25) is 0 Å². The fraction of sp³-hybridized carbons (Fsp3) is 0.125. The van der Waals surface area contributed by atoms with Crippen molar-refractivity contribution in [2.75, 3.05) is 17.0 Å². The van der Waals surface area contributed by atoms with E-state index >= 15 is 0 Å². The van der Waals surface area contributed by atoms with Crippen molar-refractivity contribution in [3.63, 3.8) is 0 Å². The highest BCUT2D eigenvalue weighted by molar-refractivity contribution is 7.22. The predicted molar refractivity (Wildman–Crippen MR) is 140 cm³/mol. The average Bonchev–Trinajstić information content (AvgIpc) is 3.62. The van der Waals surface area contributed by atoms with Gasteiger partial charge in [0.2, 0.25) is 16.9 Å². The number of rotatable bonds is 7. The number of imide groups is 1. The van der Waals surface area contributed by atoms with Gasteiger partial charge in [0.1, 0.15) is 5.75 Å². The Balaban J connectivity index is 1.50. The van der Waals surface area contributed by atoms with Gasteiger partial charge < -0.3 is 4.74 Å². The summed E-state index contributed by atoms with van der Waals surface area (Å²) in [5.74, 6) is -0.453. The summed E-state index contributed by atoms with van der Waals surface area (Å²) in [4.78, 5) is 54.3. The molecule has 2 aromatic heterocycles. The Bertz CT molecular complexity index is 1560. The summed E-state index contributed by atoms with van der Waals surface area (Å²) < 4.78 is 6.04. The highest BCUT2D eigenvalue weighted by Crippen LogP contribution is 2.33. The molecule has 0 bridgehead atoms. The van der Waals surface area contributed by atoms with Gasteiger partial charge in [-0.05, 0) is 48.5 Å². The van der Waals surface area contributed by atoms with E-state index in [2.05, 4.69) is 10.1 Å². The molecule has 11 nitrogen and oxygen atoms in total. The van der Waals surface area contributed by atoms with Crippen LogP contribution in [0.15, 0.2) is 59.7 Å². The number of ether oxygens (including phenoxy) is 1. The Morgan fingerprint density at radius 3 is 2.49 bits per heavy atom. The molecule has 5 rings (SSSR count). The van der Waals surface area contributed by atoms with E-state index in [0.717, 1.165) is 25.9 Å². The van der Waals surface area contributed by atoms with E-state index in [-0.39, 0.29) is 40.4 Å². The summed E-state index contributed by atoms with van der Waals surface area (Å²) in [6.07, 6.45) is 1.68. The van der Waals surface area contributed by atoms with Gasteiger partial charge in [0.15, 0.2) is 0 Å². The first kappa shape index (κ1) is 24.2. The van der Waals surface area contributed by atoms with E-state index in [0.29, 0.717) is 21.8 Å². The quantitative estimate of drug-likeness (QED) is 0.146. The minimum atomic E-state index is -0.515. The summed E-state index contributed by atoms with van der Waals surface area (Å²) in [5, 5.41) is 16.7. The van der Waals surface area contributed by atoms with Gasteiger partial charge in [-0.25, -0.2) is 4.98 Å². The van der Waals surface area contributed by atoms with Gasteiger partial charge >= 0.3 is 5.00 Å². The van der Waals surface area contributed by atoms with Crippen LogP contribution >= 0.6 is 22.7 Å². The molecule has 1 saturated heterocycles. The molecule has 2 aromatic carbocycles. The fourth-order valence-electron chi connectivity index (χ4n) is 3.66. The Morgan fingerprint density at radius 2 is 1.84 bits per heavy atom. The third-order valence-corrected chi connectivity index (χ3v) is 7.44. The Hall–Kier alpha value is -4.49. The number of methoxy groups -OCH3 is 1. The number of hydrogen-bond donors (Lipinski definition) is 0. The number of thiophene rings is 1. The maximum Gasteiger partial charge on any atom is 0.324 e. The number of carbonyl (C=O) groups is 3. The molecular formula is C24H17N5O6S2. The number of benzene rings is 2. The number of carbonyl (C=O) groups excluding carboxylic acids is 3. The number of nitrogens with zero attached hydrogens (tertiary/aromatic N) is 5. The molecule has 13 heteroatoms. The fourth-order valence-corrected chi connectivity index (χ4v) is 5.30. The highest BCUT2D eigenvalue weighted by atomic mass is 32.1. The summed E-state index contributed by atoms with van der Waals surface area (Å²) in [6, 6.07) is 14.3. The zero-order valence-electron chi connectivity index (χ0n) is 19.2. The van der Waals surface area contributed by atoms with Crippen LogP contribution in [0.1, 0.15) is 28.1 Å². The molecule has 3 amide bonds. The lowest BCUT2D eigenvalue weighted by Gasteiger charge is -2.16. The SMILES string of the molecule is COc1ccc2nc(N(/N=C/c3ccc([N+](=O)[O-])s3)C(=O)c3ccc(N4C(=O)CCC4=O)cc3)sc2c1. The zero-order chi connectivity index (χ0) is 26.1. The van der Waals surface area contributed by atoms with Gasteiger partial charge in [-0.1, -0.05) is 22.7 Å². The monoisotopic (exact) mass is 535 g/mol. The lowest BCUT2D eigenvalue weighted by Crippen LogP contribution is -2.29. The lowest BCUT2D eigenvalue weighted by molar-refractivity contribution is -0.380. The zero-order valence-corrected chi connectivity index (χ0v) is 20.8. The summed E-state index contributed by atoms with van der Waals surface area (Å²) in [5.41, 5.74) is 1.27. The second-order valence-corrected chi connectivity index (χ2v) is 9.90. The van der Waals surface area contributed by atoms with Gasteiger partial charge in [0.25, 0.3) is 5.91 Å². The first-order valence-electron chi connectivity index (χ1n) is 10.9. The molecule has 37 heavy (non-hydrogen) atoms. The molecule has 0 atom stereocenters. The number of thiazole rings is 1. The van der Waals surface area contributed by atoms with E-state index < -0.39 is 10.8 Å². The summed E-state index contributed by atoms with van der Waals surface area (Å²) >= 11 is 2.15. The predicted octanol–water partition coefficient (Wildman–Crippen LogP) is 4.61. The minimum Gasteiger partial charge on any atom is -0.497 e. The van der Waals surface area contributed by atoms with Gasteiger partial charge in [0, 0.05) is 24.5 Å². The van der Waals surface area contributed by atoms with Crippen LogP contribution in [0.25, 0.3) is 10.2 Å². The molecule has 4 aromatic rings. The smallest absolute Gasteiger partial charge is 0.324 e. The molecule has 186 valence electrons. The van der Waals surface area contributed by atoms with Crippen LogP contribution in [0, 0.1) is 10.1 Å². The molecule has 0 N–H and O–H groups in total. The molecule has 0 unspecified atom stereocenters. The van der Waals surface area contributed by atoms with E-state index in [4.69, 9.17) is 4.74 Å². The van der Waals surface area contributed by atoms with Crippen molar-refractivity contribution in [3.05, 3.63) is 75.2 Å². The minimum absolute atomic E-state index is 0.0481. The Kier molecular flexibility index (Phi) is 6.46. The highest BCUT2D eigenvalue weighted by Gasteiger charge is 2.30. The summed E-state index contributed by atoms with van der Waals surface area (Å²) in [6.45, 7) is 0. The largest absolute Gasteiger partial charge is 0.497 e. The van der Waals surface area contributed by atoms with Crippen molar-refractivity contribution in [1.29, 1.82) is 0 Å². The van der Waals surface area contributed by atoms with Crippen molar-refractivity contribution in [3.8, 4) is 5.75 Å². The van der Waals surface area contributed by atoms with E-state index in [1.54, 1.807) is 25.3 Å². The standard InChI is InChI=1S/C24H17N5O6S2/c1-35-16-6-8-18-19(12-16)37-24(26-18)28(25-13-17-7-11-22(36-17)29(33)34)23(32)14-2-4-15(5-3-14)27-20(30)9-10-21(27)31/h2-8,11-13H,9-10H2,1H3/b25-13+. The van der Waals surface area contributed by atoms with Crippen LogP contribution in [-0.4, -0.2) is 41.0 Å². The number of nitro groups is 1.